The summed E-state index contributed by atoms with van der Waals surface area (Å²) in [6.45, 7) is 3.80. The van der Waals surface area contributed by atoms with Crippen molar-refractivity contribution >= 4 is 23.6 Å². The van der Waals surface area contributed by atoms with E-state index in [1.807, 2.05) is 12.1 Å². The van der Waals surface area contributed by atoms with Gasteiger partial charge in [-0.2, -0.15) is 0 Å². The summed E-state index contributed by atoms with van der Waals surface area (Å²) in [4.78, 5) is 24.7. The highest BCUT2D eigenvalue weighted by Gasteiger charge is 2.36. The zero-order valence-electron chi connectivity index (χ0n) is 13.8. The van der Waals surface area contributed by atoms with Crippen LogP contribution in [0.2, 0.25) is 5.02 Å². The van der Waals surface area contributed by atoms with Crippen LogP contribution >= 0.6 is 11.6 Å². The van der Waals surface area contributed by atoms with Gasteiger partial charge in [0.25, 0.3) is 0 Å². The van der Waals surface area contributed by atoms with Gasteiger partial charge in [0.15, 0.2) is 0 Å². The van der Waals surface area contributed by atoms with Crippen molar-refractivity contribution in [1.82, 2.24) is 10.6 Å². The van der Waals surface area contributed by atoms with E-state index < -0.39 is 12.0 Å². The summed E-state index contributed by atoms with van der Waals surface area (Å²) in [6, 6.07) is 6.20. The summed E-state index contributed by atoms with van der Waals surface area (Å²) in [6.07, 6.45) is 2.96. The number of carbonyl (C=O) groups excluding carboxylic acids is 2. The predicted molar refractivity (Wildman–Crippen MR) is 91.5 cm³/mol. The van der Waals surface area contributed by atoms with Gasteiger partial charge in [-0.15, -0.1) is 0 Å². The number of hydrogen-bond donors (Lipinski definition) is 2. The largest absolute Gasteiger partial charge is 0.459 e. The van der Waals surface area contributed by atoms with Gasteiger partial charge in [0.2, 0.25) is 0 Å². The molecule has 128 valence electrons. The molecule has 1 aliphatic heterocycles. The topological polar surface area (TPSA) is 67.4 Å². The highest BCUT2D eigenvalue weighted by molar-refractivity contribution is 6.31. The van der Waals surface area contributed by atoms with Gasteiger partial charge in [0.1, 0.15) is 6.10 Å². The summed E-state index contributed by atoms with van der Waals surface area (Å²) in [5.74, 6) is -0.0385. The number of amides is 2. The lowest BCUT2D eigenvalue weighted by molar-refractivity contribution is -0.146. The lowest BCUT2D eigenvalue weighted by atomic mass is 9.95. The Bertz CT molecular complexity index is 701. The zero-order valence-corrected chi connectivity index (χ0v) is 14.5. The number of halogens is 1. The maximum absolute atomic E-state index is 12.8. The Morgan fingerprint density at radius 1 is 1.29 bits per heavy atom. The summed E-state index contributed by atoms with van der Waals surface area (Å²) < 4.78 is 5.73. The zero-order chi connectivity index (χ0) is 17.3. The van der Waals surface area contributed by atoms with Crippen molar-refractivity contribution in [2.75, 3.05) is 0 Å². The van der Waals surface area contributed by atoms with Crippen LogP contribution in [0, 0.1) is 5.92 Å². The molecule has 0 saturated heterocycles. The fourth-order valence-electron chi connectivity index (χ4n) is 3.39. The molecule has 1 fully saturated rings. The van der Waals surface area contributed by atoms with Crippen LogP contribution < -0.4 is 10.6 Å². The van der Waals surface area contributed by atoms with E-state index in [1.54, 1.807) is 19.1 Å². The standard InChI is InChI=1S/C18H21ClN2O3/c1-10-6-5-9-14(10)24-17(22)15-11(2)20-18(23)21-16(15)12-7-3-4-8-13(12)19/h3-4,7-8,10,14,16H,5-6,9H2,1-2H3,(H2,20,21,23)/t10-,14-,16+/m1/s1. The van der Waals surface area contributed by atoms with Crippen molar-refractivity contribution in [1.29, 1.82) is 0 Å². The number of hydrogen-bond acceptors (Lipinski definition) is 3. The van der Waals surface area contributed by atoms with E-state index >= 15 is 0 Å². The first-order chi connectivity index (χ1) is 11.5. The molecule has 1 aromatic carbocycles. The molecule has 5 nitrogen and oxygen atoms in total. The average Bonchev–Trinajstić information content (AvgIpc) is 2.92. The fourth-order valence-corrected chi connectivity index (χ4v) is 3.64. The first kappa shape index (κ1) is 16.8. The van der Waals surface area contributed by atoms with E-state index in [-0.39, 0.29) is 12.1 Å². The first-order valence-corrected chi connectivity index (χ1v) is 8.59. The highest BCUT2D eigenvalue weighted by Crippen LogP contribution is 2.34. The molecule has 3 atom stereocenters. The molecule has 0 unspecified atom stereocenters. The van der Waals surface area contributed by atoms with Crippen molar-refractivity contribution in [2.45, 2.75) is 45.3 Å². The van der Waals surface area contributed by atoms with Crippen LogP contribution in [-0.4, -0.2) is 18.1 Å². The minimum Gasteiger partial charge on any atom is -0.459 e. The van der Waals surface area contributed by atoms with Gasteiger partial charge in [0.05, 0.1) is 11.6 Å². The monoisotopic (exact) mass is 348 g/mol. The van der Waals surface area contributed by atoms with E-state index in [0.717, 1.165) is 19.3 Å². The number of esters is 1. The smallest absolute Gasteiger partial charge is 0.338 e. The number of allylic oxidation sites excluding steroid dienone is 1. The lowest BCUT2D eigenvalue weighted by Gasteiger charge is -2.29. The number of urea groups is 1. The minimum atomic E-state index is -0.614. The summed E-state index contributed by atoms with van der Waals surface area (Å²) in [7, 11) is 0. The molecule has 1 heterocycles. The Morgan fingerprint density at radius 3 is 2.71 bits per heavy atom. The van der Waals surface area contributed by atoms with Gasteiger partial charge >= 0.3 is 12.0 Å². The molecule has 2 aliphatic rings. The van der Waals surface area contributed by atoms with Crippen molar-refractivity contribution < 1.29 is 14.3 Å². The Hall–Kier alpha value is -2.01. The van der Waals surface area contributed by atoms with Gasteiger partial charge in [0, 0.05) is 10.7 Å². The Morgan fingerprint density at radius 2 is 2.04 bits per heavy atom. The number of benzene rings is 1. The molecule has 0 spiro atoms. The van der Waals surface area contributed by atoms with Crippen LogP contribution in [0.25, 0.3) is 0 Å². The highest BCUT2D eigenvalue weighted by atomic mass is 35.5. The quantitative estimate of drug-likeness (QED) is 0.818. The van der Waals surface area contributed by atoms with E-state index in [4.69, 9.17) is 16.3 Å². The number of ether oxygens (including phenoxy) is 1. The van der Waals surface area contributed by atoms with Crippen LogP contribution in [0.15, 0.2) is 35.5 Å². The molecule has 24 heavy (non-hydrogen) atoms. The summed E-state index contributed by atoms with van der Waals surface area (Å²) in [5.41, 5.74) is 1.58. The molecule has 0 radical (unpaired) electrons. The van der Waals surface area contributed by atoms with Crippen LogP contribution in [0.3, 0.4) is 0 Å². The molecule has 0 aromatic heterocycles. The molecule has 6 heteroatoms. The maximum atomic E-state index is 12.8. The van der Waals surface area contributed by atoms with Crippen molar-refractivity contribution in [2.24, 2.45) is 5.92 Å². The molecular formula is C18H21ClN2O3. The van der Waals surface area contributed by atoms with Gasteiger partial charge in [-0.3, -0.25) is 0 Å². The van der Waals surface area contributed by atoms with Crippen molar-refractivity contribution in [3.8, 4) is 0 Å². The second-order valence-electron chi connectivity index (χ2n) is 6.44. The normalized spacial score (nSPS) is 26.8. The fraction of sp³-hybridized carbons (Fsp3) is 0.444. The molecular weight excluding hydrogens is 328 g/mol. The van der Waals surface area contributed by atoms with E-state index in [1.165, 1.54) is 0 Å². The average molecular weight is 349 g/mol. The molecule has 1 aliphatic carbocycles. The van der Waals surface area contributed by atoms with Crippen molar-refractivity contribution in [3.63, 3.8) is 0 Å². The predicted octanol–water partition coefficient (Wildman–Crippen LogP) is 3.70. The number of rotatable bonds is 3. The third-order valence-corrected chi connectivity index (χ3v) is 5.09. The van der Waals surface area contributed by atoms with Gasteiger partial charge < -0.3 is 15.4 Å². The third-order valence-electron chi connectivity index (χ3n) is 4.75. The molecule has 3 rings (SSSR count). The van der Waals surface area contributed by atoms with Crippen LogP contribution in [0.1, 0.15) is 44.7 Å². The van der Waals surface area contributed by atoms with Crippen molar-refractivity contribution in [3.05, 3.63) is 46.1 Å². The maximum Gasteiger partial charge on any atom is 0.338 e. The molecule has 2 N–H and O–H groups in total. The number of nitrogens with one attached hydrogen (secondary N) is 2. The second kappa shape index (κ2) is 6.85. The minimum absolute atomic E-state index is 0.0673. The summed E-state index contributed by atoms with van der Waals surface area (Å²) in [5, 5.41) is 5.93. The molecule has 1 aromatic rings. The Balaban J connectivity index is 1.92. The van der Waals surface area contributed by atoms with Crippen LogP contribution in [0.5, 0.6) is 0 Å². The van der Waals surface area contributed by atoms with Crippen LogP contribution in [0.4, 0.5) is 4.79 Å². The number of carbonyl (C=O) groups is 2. The Kier molecular flexibility index (Phi) is 4.81. The third kappa shape index (κ3) is 3.26. The summed E-state index contributed by atoms with van der Waals surface area (Å²) >= 11 is 6.27. The SMILES string of the molecule is CC1=C(C(=O)O[C@@H]2CCC[C@H]2C)[C@H](c2ccccc2Cl)NC(=O)N1. The van der Waals surface area contributed by atoms with E-state index in [0.29, 0.717) is 27.8 Å². The second-order valence-corrected chi connectivity index (χ2v) is 6.85. The lowest BCUT2D eigenvalue weighted by Crippen LogP contribution is -2.45. The first-order valence-electron chi connectivity index (χ1n) is 8.21. The Labute approximate surface area is 146 Å². The van der Waals surface area contributed by atoms with Crippen LogP contribution in [-0.2, 0) is 9.53 Å². The van der Waals surface area contributed by atoms with Gasteiger partial charge in [-0.05, 0) is 43.7 Å². The molecule has 0 bridgehead atoms. The van der Waals surface area contributed by atoms with Gasteiger partial charge in [-0.1, -0.05) is 36.7 Å². The van der Waals surface area contributed by atoms with E-state index in [9.17, 15) is 9.59 Å². The molecule has 2 amide bonds. The van der Waals surface area contributed by atoms with Gasteiger partial charge in [-0.25, -0.2) is 9.59 Å². The molecule has 1 saturated carbocycles. The van der Waals surface area contributed by atoms with E-state index in [2.05, 4.69) is 17.6 Å².